The third kappa shape index (κ3) is 2.73. The Kier molecular flexibility index (Phi) is 3.50. The first-order chi connectivity index (χ1) is 8.99. The van der Waals surface area contributed by atoms with Crippen LogP contribution in [-0.2, 0) is 6.42 Å². The molecule has 0 aliphatic rings. The minimum atomic E-state index is -0.439. The van der Waals surface area contributed by atoms with Crippen LogP contribution in [0.5, 0.6) is 0 Å². The van der Waals surface area contributed by atoms with Crippen LogP contribution < -0.4 is 5.73 Å². The quantitative estimate of drug-likeness (QED) is 0.674. The maximum absolute atomic E-state index is 10.8. The number of benzene rings is 1. The maximum Gasteiger partial charge on any atom is 0.270 e. The molecule has 100 valence electrons. The molecule has 6 nitrogen and oxygen atoms in total. The van der Waals surface area contributed by atoms with Crippen LogP contribution in [0.4, 0.5) is 11.5 Å². The van der Waals surface area contributed by atoms with Gasteiger partial charge in [0.1, 0.15) is 0 Å². The summed E-state index contributed by atoms with van der Waals surface area (Å²) in [5.74, 6) is 1.24. The van der Waals surface area contributed by atoms with Crippen LogP contribution in [-0.4, -0.2) is 10.1 Å². The van der Waals surface area contributed by atoms with Crippen molar-refractivity contribution in [2.75, 3.05) is 5.73 Å². The van der Waals surface area contributed by atoms with E-state index in [2.05, 4.69) is 19.0 Å². The summed E-state index contributed by atoms with van der Waals surface area (Å²) in [5, 5.41) is 14.5. The van der Waals surface area contributed by atoms with Gasteiger partial charge < -0.3 is 10.3 Å². The minimum absolute atomic E-state index is 0.0166. The predicted octanol–water partition coefficient (Wildman–Crippen LogP) is 3.03. The van der Waals surface area contributed by atoms with E-state index in [0.717, 1.165) is 5.56 Å². The number of hydrogen-bond donors (Lipinski definition) is 1. The van der Waals surface area contributed by atoms with Gasteiger partial charge in [-0.3, -0.25) is 10.1 Å². The van der Waals surface area contributed by atoms with E-state index in [1.54, 1.807) is 12.1 Å². The van der Waals surface area contributed by atoms with Crippen LogP contribution in [0.15, 0.2) is 28.8 Å². The average Bonchev–Trinajstić information content (AvgIpc) is 2.71. The van der Waals surface area contributed by atoms with Crippen molar-refractivity contribution in [2.45, 2.75) is 20.3 Å². The summed E-state index contributed by atoms with van der Waals surface area (Å²) in [5.41, 5.74) is 7.22. The van der Waals surface area contributed by atoms with Crippen LogP contribution in [0.1, 0.15) is 19.4 Å². The molecule has 1 aromatic heterocycles. The van der Waals surface area contributed by atoms with Crippen LogP contribution in [0.2, 0.25) is 0 Å². The molecule has 6 heteroatoms. The predicted molar refractivity (Wildman–Crippen MR) is 71.5 cm³/mol. The number of anilines is 1. The van der Waals surface area contributed by atoms with Crippen molar-refractivity contribution in [2.24, 2.45) is 5.92 Å². The summed E-state index contributed by atoms with van der Waals surface area (Å²) < 4.78 is 5.22. The van der Waals surface area contributed by atoms with Gasteiger partial charge >= 0.3 is 0 Å². The number of rotatable bonds is 4. The van der Waals surface area contributed by atoms with E-state index in [-0.39, 0.29) is 5.69 Å². The van der Waals surface area contributed by atoms with Gasteiger partial charge in [0.2, 0.25) is 0 Å². The second-order valence-corrected chi connectivity index (χ2v) is 4.78. The summed E-state index contributed by atoms with van der Waals surface area (Å²) in [6, 6.07) is 6.26. The highest BCUT2D eigenvalue weighted by molar-refractivity contribution is 5.68. The molecule has 0 bridgehead atoms. The lowest BCUT2D eigenvalue weighted by Gasteiger charge is -2.05. The number of aromatic nitrogens is 1. The molecule has 2 N–H and O–H groups in total. The fourth-order valence-electron chi connectivity index (χ4n) is 1.91. The Morgan fingerprint density at radius 2 is 2.21 bits per heavy atom. The van der Waals surface area contributed by atoms with Crippen LogP contribution >= 0.6 is 0 Å². The van der Waals surface area contributed by atoms with Crippen molar-refractivity contribution in [3.63, 3.8) is 0 Å². The number of nitro benzene ring substituents is 1. The summed E-state index contributed by atoms with van der Waals surface area (Å²) in [6.07, 6.45) is 0.716. The van der Waals surface area contributed by atoms with Crippen LogP contribution in [0.3, 0.4) is 0 Å². The zero-order valence-corrected chi connectivity index (χ0v) is 10.8. The molecular weight excluding hydrogens is 246 g/mol. The lowest BCUT2D eigenvalue weighted by molar-refractivity contribution is -0.384. The number of hydrogen-bond acceptors (Lipinski definition) is 5. The van der Waals surface area contributed by atoms with Gasteiger partial charge in [-0.1, -0.05) is 31.1 Å². The van der Waals surface area contributed by atoms with Crippen molar-refractivity contribution in [3.05, 3.63) is 39.9 Å². The molecule has 0 amide bonds. The van der Waals surface area contributed by atoms with Gasteiger partial charge in [-0.2, -0.15) is 0 Å². The van der Waals surface area contributed by atoms with Gasteiger partial charge in [0.05, 0.1) is 4.92 Å². The topological polar surface area (TPSA) is 95.2 Å². The number of nitrogen functional groups attached to an aromatic ring is 1. The smallest absolute Gasteiger partial charge is 0.270 e. The molecule has 0 fully saturated rings. The van der Waals surface area contributed by atoms with Gasteiger partial charge in [0.15, 0.2) is 11.6 Å². The molecule has 0 saturated carbocycles. The van der Waals surface area contributed by atoms with Crippen LogP contribution in [0.25, 0.3) is 11.3 Å². The zero-order chi connectivity index (χ0) is 14.0. The van der Waals surface area contributed by atoms with E-state index in [1.165, 1.54) is 12.1 Å². The largest absolute Gasteiger partial charge is 0.381 e. The van der Waals surface area contributed by atoms with Gasteiger partial charge in [0, 0.05) is 23.3 Å². The molecule has 2 aromatic rings. The molecule has 0 aliphatic carbocycles. The number of nitrogens with zero attached hydrogens (tertiary/aromatic N) is 2. The number of nitro groups is 1. The first-order valence-electron chi connectivity index (χ1n) is 5.98. The summed E-state index contributed by atoms with van der Waals surface area (Å²) in [6.45, 7) is 4.12. The molecule has 1 heterocycles. The molecule has 0 atom stereocenters. The summed E-state index contributed by atoms with van der Waals surface area (Å²) in [4.78, 5) is 10.3. The Labute approximate surface area is 110 Å². The zero-order valence-electron chi connectivity index (χ0n) is 10.8. The van der Waals surface area contributed by atoms with Gasteiger partial charge in [-0.15, -0.1) is 0 Å². The third-order valence-electron chi connectivity index (χ3n) is 2.75. The molecule has 2 rings (SSSR count). The Morgan fingerprint density at radius 3 is 2.84 bits per heavy atom. The molecule has 0 spiro atoms. The third-order valence-corrected chi connectivity index (χ3v) is 2.75. The first-order valence-corrected chi connectivity index (χ1v) is 5.98. The molecule has 0 aliphatic heterocycles. The SMILES string of the molecule is CC(C)Cc1c(N)noc1-c1cccc([N+](=O)[O-])c1. The molecule has 0 radical (unpaired) electrons. The van der Waals surface area contributed by atoms with E-state index >= 15 is 0 Å². The summed E-state index contributed by atoms with van der Waals surface area (Å²) in [7, 11) is 0. The Morgan fingerprint density at radius 1 is 1.47 bits per heavy atom. The van der Waals surface area contributed by atoms with E-state index in [1.807, 2.05) is 0 Å². The summed E-state index contributed by atoms with van der Waals surface area (Å²) >= 11 is 0. The average molecular weight is 261 g/mol. The van der Waals surface area contributed by atoms with E-state index < -0.39 is 4.92 Å². The fourth-order valence-corrected chi connectivity index (χ4v) is 1.91. The van der Waals surface area contributed by atoms with E-state index in [0.29, 0.717) is 29.5 Å². The van der Waals surface area contributed by atoms with Gasteiger partial charge in [-0.25, -0.2) is 0 Å². The number of nitrogens with two attached hydrogens (primary N) is 1. The van der Waals surface area contributed by atoms with Crippen molar-refractivity contribution in [3.8, 4) is 11.3 Å². The second-order valence-electron chi connectivity index (χ2n) is 4.78. The van der Waals surface area contributed by atoms with Gasteiger partial charge in [-0.05, 0) is 12.3 Å². The standard InChI is InChI=1S/C13H15N3O3/c1-8(2)6-11-12(19-15-13(11)14)9-4-3-5-10(7-9)16(17)18/h3-5,7-8H,6H2,1-2H3,(H2,14,15). The van der Waals surface area contributed by atoms with Crippen LogP contribution in [0, 0.1) is 16.0 Å². The van der Waals surface area contributed by atoms with E-state index in [4.69, 9.17) is 10.3 Å². The minimum Gasteiger partial charge on any atom is -0.381 e. The Hall–Kier alpha value is -2.37. The normalized spacial score (nSPS) is 10.9. The molecule has 19 heavy (non-hydrogen) atoms. The fraction of sp³-hybridized carbons (Fsp3) is 0.308. The van der Waals surface area contributed by atoms with Gasteiger partial charge in [0.25, 0.3) is 5.69 Å². The van der Waals surface area contributed by atoms with E-state index in [9.17, 15) is 10.1 Å². The Bertz CT molecular complexity index is 605. The molecule has 1 aromatic carbocycles. The maximum atomic E-state index is 10.8. The first kappa shape index (κ1) is 13.1. The Balaban J connectivity index is 2.47. The van der Waals surface area contributed by atoms with Crippen molar-refractivity contribution >= 4 is 11.5 Å². The second kappa shape index (κ2) is 5.09. The number of non-ortho nitro benzene ring substituents is 1. The molecule has 0 unspecified atom stereocenters. The lowest BCUT2D eigenvalue weighted by Crippen LogP contribution is -1.99. The highest BCUT2D eigenvalue weighted by atomic mass is 16.6. The van der Waals surface area contributed by atoms with Crippen molar-refractivity contribution in [1.29, 1.82) is 0 Å². The highest BCUT2D eigenvalue weighted by Gasteiger charge is 2.18. The lowest BCUT2D eigenvalue weighted by atomic mass is 9.99. The molecular formula is C13H15N3O3. The highest BCUT2D eigenvalue weighted by Crippen LogP contribution is 2.31. The van der Waals surface area contributed by atoms with Crippen molar-refractivity contribution < 1.29 is 9.45 Å². The molecule has 0 saturated heterocycles. The van der Waals surface area contributed by atoms with Crippen molar-refractivity contribution in [1.82, 2.24) is 5.16 Å². The monoisotopic (exact) mass is 261 g/mol.